The first kappa shape index (κ1) is 13.5. The van der Waals surface area contributed by atoms with Crippen LogP contribution in [-0.4, -0.2) is 53.0 Å². The molecule has 1 saturated heterocycles. The molecule has 5 nitrogen and oxygen atoms in total. The van der Waals surface area contributed by atoms with E-state index >= 15 is 0 Å². The summed E-state index contributed by atoms with van der Waals surface area (Å²) in [5, 5.41) is 31.6. The van der Waals surface area contributed by atoms with Gasteiger partial charge in [-0.3, -0.25) is 5.32 Å². The summed E-state index contributed by atoms with van der Waals surface area (Å²) >= 11 is 0. The summed E-state index contributed by atoms with van der Waals surface area (Å²) in [7, 11) is 0. The van der Waals surface area contributed by atoms with Gasteiger partial charge in [0.1, 0.15) is 24.5 Å². The van der Waals surface area contributed by atoms with Crippen molar-refractivity contribution in [3.63, 3.8) is 0 Å². The summed E-state index contributed by atoms with van der Waals surface area (Å²) in [5.74, 6) is 0. The molecule has 1 heterocycles. The zero-order valence-electron chi connectivity index (χ0n) is 10.1. The minimum atomic E-state index is -1.16. The summed E-state index contributed by atoms with van der Waals surface area (Å²) in [6, 6.07) is 9.96. The first-order valence-corrected chi connectivity index (χ1v) is 6.11. The van der Waals surface area contributed by atoms with Crippen LogP contribution in [0.3, 0.4) is 0 Å². The molecule has 4 N–H and O–H groups in total. The van der Waals surface area contributed by atoms with Crippen LogP contribution < -0.4 is 5.32 Å². The number of benzene rings is 1. The van der Waals surface area contributed by atoms with Crippen molar-refractivity contribution < 1.29 is 20.1 Å². The summed E-state index contributed by atoms with van der Waals surface area (Å²) in [6.45, 7) is 0.662. The number of ether oxygens (including phenoxy) is 1. The number of hydrogen-bond donors (Lipinski definition) is 4. The van der Waals surface area contributed by atoms with E-state index in [-0.39, 0.29) is 6.61 Å². The number of rotatable bonds is 4. The third-order valence-electron chi connectivity index (χ3n) is 3.10. The van der Waals surface area contributed by atoms with Gasteiger partial charge in [0, 0.05) is 6.54 Å². The SMILES string of the molecule is O[C@@H]1[C@@H](O)[C@@H](NCCc2ccccc2)OC[C@H]1O. The lowest BCUT2D eigenvalue weighted by molar-refractivity contribution is -0.194. The molecule has 4 atom stereocenters. The van der Waals surface area contributed by atoms with Gasteiger partial charge in [-0.1, -0.05) is 30.3 Å². The second-order valence-corrected chi connectivity index (χ2v) is 4.49. The Balaban J connectivity index is 1.77. The molecule has 0 amide bonds. The Morgan fingerprint density at radius 2 is 1.83 bits per heavy atom. The zero-order chi connectivity index (χ0) is 13.0. The third-order valence-corrected chi connectivity index (χ3v) is 3.10. The smallest absolute Gasteiger partial charge is 0.137 e. The largest absolute Gasteiger partial charge is 0.388 e. The molecule has 1 aromatic rings. The lowest BCUT2D eigenvalue weighted by Crippen LogP contribution is -2.58. The van der Waals surface area contributed by atoms with E-state index in [0.29, 0.717) is 6.54 Å². The molecule has 5 heteroatoms. The van der Waals surface area contributed by atoms with E-state index in [1.807, 2.05) is 30.3 Å². The number of aliphatic hydroxyl groups excluding tert-OH is 3. The van der Waals surface area contributed by atoms with Crippen LogP contribution in [0.2, 0.25) is 0 Å². The fraction of sp³-hybridized carbons (Fsp3) is 0.538. The van der Waals surface area contributed by atoms with Crippen LogP contribution in [0.4, 0.5) is 0 Å². The lowest BCUT2D eigenvalue weighted by atomic mass is 10.0. The Bertz CT molecular complexity index is 359. The van der Waals surface area contributed by atoms with E-state index in [1.54, 1.807) is 0 Å². The van der Waals surface area contributed by atoms with Gasteiger partial charge in [-0.15, -0.1) is 0 Å². The molecule has 0 spiro atoms. The predicted octanol–water partition coefficient (Wildman–Crippen LogP) is -0.742. The predicted molar refractivity (Wildman–Crippen MR) is 65.9 cm³/mol. The highest BCUT2D eigenvalue weighted by Gasteiger charge is 2.36. The van der Waals surface area contributed by atoms with Crippen LogP contribution in [0, 0.1) is 0 Å². The van der Waals surface area contributed by atoms with Crippen molar-refractivity contribution in [2.75, 3.05) is 13.2 Å². The molecule has 0 unspecified atom stereocenters. The van der Waals surface area contributed by atoms with Gasteiger partial charge in [-0.2, -0.15) is 0 Å². The van der Waals surface area contributed by atoms with Crippen LogP contribution >= 0.6 is 0 Å². The topological polar surface area (TPSA) is 82.0 Å². The molecule has 18 heavy (non-hydrogen) atoms. The maximum atomic E-state index is 9.71. The number of nitrogens with one attached hydrogen (secondary N) is 1. The highest BCUT2D eigenvalue weighted by atomic mass is 16.5. The van der Waals surface area contributed by atoms with Crippen molar-refractivity contribution in [1.82, 2.24) is 5.32 Å². The van der Waals surface area contributed by atoms with Crippen molar-refractivity contribution in [2.45, 2.75) is 31.0 Å². The van der Waals surface area contributed by atoms with E-state index in [2.05, 4.69) is 5.32 Å². The van der Waals surface area contributed by atoms with E-state index in [4.69, 9.17) is 4.74 Å². The molecule has 0 saturated carbocycles. The Morgan fingerprint density at radius 3 is 2.56 bits per heavy atom. The molecule has 1 aliphatic rings. The molecular formula is C13H19NO4. The molecule has 1 aliphatic heterocycles. The molecule has 0 bridgehead atoms. The highest BCUT2D eigenvalue weighted by molar-refractivity contribution is 5.14. The summed E-state index contributed by atoms with van der Waals surface area (Å²) in [5.41, 5.74) is 1.19. The Morgan fingerprint density at radius 1 is 1.11 bits per heavy atom. The summed E-state index contributed by atoms with van der Waals surface area (Å²) < 4.78 is 5.24. The molecule has 2 rings (SSSR count). The van der Waals surface area contributed by atoms with E-state index in [9.17, 15) is 15.3 Å². The second-order valence-electron chi connectivity index (χ2n) is 4.49. The molecule has 0 aliphatic carbocycles. The molecule has 0 radical (unpaired) electrons. The van der Waals surface area contributed by atoms with Gasteiger partial charge in [-0.05, 0) is 12.0 Å². The number of aliphatic hydroxyl groups is 3. The minimum absolute atomic E-state index is 0.0290. The van der Waals surface area contributed by atoms with Gasteiger partial charge in [0.05, 0.1) is 6.61 Å². The number of hydrogen-bond acceptors (Lipinski definition) is 5. The van der Waals surface area contributed by atoms with Gasteiger partial charge in [0.2, 0.25) is 0 Å². The average molecular weight is 253 g/mol. The van der Waals surface area contributed by atoms with Crippen LogP contribution in [0.5, 0.6) is 0 Å². The molecular weight excluding hydrogens is 234 g/mol. The molecule has 1 aromatic carbocycles. The highest BCUT2D eigenvalue weighted by Crippen LogP contribution is 2.13. The third kappa shape index (κ3) is 3.28. The first-order chi connectivity index (χ1) is 8.68. The van der Waals surface area contributed by atoms with Gasteiger partial charge < -0.3 is 20.1 Å². The van der Waals surface area contributed by atoms with Crippen LogP contribution in [0.1, 0.15) is 5.56 Å². The molecule has 1 fully saturated rings. The standard InChI is InChI=1S/C13H19NO4/c15-10-8-18-13(12(17)11(10)16)14-7-6-9-4-2-1-3-5-9/h1-5,10-17H,6-8H2/t10-,11+,12-,13+/m1/s1. The summed E-state index contributed by atoms with van der Waals surface area (Å²) in [6.07, 6.45) is -3.11. The van der Waals surface area contributed by atoms with Crippen LogP contribution in [0.25, 0.3) is 0 Å². The fourth-order valence-corrected chi connectivity index (χ4v) is 1.99. The Labute approximate surface area is 106 Å². The Kier molecular flexibility index (Phi) is 4.68. The fourth-order valence-electron chi connectivity index (χ4n) is 1.99. The normalized spacial score (nSPS) is 32.4. The van der Waals surface area contributed by atoms with Crippen molar-refractivity contribution in [3.8, 4) is 0 Å². The average Bonchev–Trinajstić information content (AvgIpc) is 2.40. The van der Waals surface area contributed by atoms with E-state index in [0.717, 1.165) is 6.42 Å². The van der Waals surface area contributed by atoms with Crippen LogP contribution in [-0.2, 0) is 11.2 Å². The van der Waals surface area contributed by atoms with E-state index < -0.39 is 24.5 Å². The van der Waals surface area contributed by atoms with Crippen molar-refractivity contribution in [2.24, 2.45) is 0 Å². The van der Waals surface area contributed by atoms with Crippen molar-refractivity contribution in [3.05, 3.63) is 35.9 Å². The molecule has 0 aromatic heterocycles. The Hall–Kier alpha value is -0.980. The van der Waals surface area contributed by atoms with Gasteiger partial charge in [0.25, 0.3) is 0 Å². The van der Waals surface area contributed by atoms with Crippen LogP contribution in [0.15, 0.2) is 30.3 Å². The summed E-state index contributed by atoms with van der Waals surface area (Å²) in [4.78, 5) is 0. The molecule has 100 valence electrons. The maximum Gasteiger partial charge on any atom is 0.137 e. The van der Waals surface area contributed by atoms with Crippen molar-refractivity contribution in [1.29, 1.82) is 0 Å². The minimum Gasteiger partial charge on any atom is -0.388 e. The van der Waals surface area contributed by atoms with Gasteiger partial charge in [-0.25, -0.2) is 0 Å². The second kappa shape index (κ2) is 6.26. The lowest BCUT2D eigenvalue weighted by Gasteiger charge is -2.35. The monoisotopic (exact) mass is 253 g/mol. The quantitative estimate of drug-likeness (QED) is 0.568. The van der Waals surface area contributed by atoms with Gasteiger partial charge in [0.15, 0.2) is 0 Å². The van der Waals surface area contributed by atoms with Crippen molar-refractivity contribution >= 4 is 0 Å². The maximum absolute atomic E-state index is 9.71. The zero-order valence-corrected chi connectivity index (χ0v) is 10.1. The first-order valence-electron chi connectivity index (χ1n) is 6.11. The van der Waals surface area contributed by atoms with E-state index in [1.165, 1.54) is 5.56 Å². The van der Waals surface area contributed by atoms with Gasteiger partial charge >= 0.3 is 0 Å².